The number of hydrogen-bond donors (Lipinski definition) is 0. The summed E-state index contributed by atoms with van der Waals surface area (Å²) in [7, 11) is 0. The van der Waals surface area contributed by atoms with Gasteiger partial charge in [-0.25, -0.2) is 4.98 Å². The molecular formula is C11H13Cl2NO2. The van der Waals surface area contributed by atoms with Crippen LogP contribution in [0.5, 0.6) is 5.75 Å². The molecule has 2 rings (SSSR count). The summed E-state index contributed by atoms with van der Waals surface area (Å²) in [4.78, 5) is 3.86. The van der Waals surface area contributed by atoms with Crippen LogP contribution in [-0.2, 0) is 4.74 Å². The monoisotopic (exact) mass is 261 g/mol. The third kappa shape index (κ3) is 3.51. The van der Waals surface area contributed by atoms with Gasteiger partial charge in [0.05, 0.1) is 13.2 Å². The van der Waals surface area contributed by atoms with Gasteiger partial charge >= 0.3 is 0 Å². The van der Waals surface area contributed by atoms with Gasteiger partial charge in [-0.1, -0.05) is 23.2 Å². The van der Waals surface area contributed by atoms with Crippen LogP contribution in [0.2, 0.25) is 10.3 Å². The van der Waals surface area contributed by atoms with Crippen molar-refractivity contribution in [3.63, 3.8) is 0 Å². The second-order valence-corrected chi connectivity index (χ2v) is 4.62. The molecule has 1 saturated heterocycles. The fourth-order valence-corrected chi connectivity index (χ4v) is 2.12. The quantitative estimate of drug-likeness (QED) is 0.784. The summed E-state index contributed by atoms with van der Waals surface area (Å²) < 4.78 is 11.0. The van der Waals surface area contributed by atoms with Gasteiger partial charge in [0.1, 0.15) is 16.1 Å². The van der Waals surface area contributed by atoms with E-state index in [0.717, 1.165) is 26.1 Å². The van der Waals surface area contributed by atoms with E-state index in [1.807, 2.05) is 0 Å². The summed E-state index contributed by atoms with van der Waals surface area (Å²) in [5.74, 6) is 1.12. The molecule has 0 spiro atoms. The van der Waals surface area contributed by atoms with Crippen LogP contribution < -0.4 is 4.74 Å². The molecule has 0 amide bonds. The number of hydrogen-bond acceptors (Lipinski definition) is 3. The van der Waals surface area contributed by atoms with Crippen molar-refractivity contribution >= 4 is 23.2 Å². The maximum Gasteiger partial charge on any atom is 0.134 e. The largest absolute Gasteiger partial charge is 0.493 e. The highest BCUT2D eigenvalue weighted by molar-refractivity contribution is 6.32. The van der Waals surface area contributed by atoms with Gasteiger partial charge in [0.2, 0.25) is 0 Å². The summed E-state index contributed by atoms with van der Waals surface area (Å²) >= 11 is 11.5. The Morgan fingerprint density at radius 1 is 1.38 bits per heavy atom. The fraction of sp³-hybridized carbons (Fsp3) is 0.545. The molecule has 1 atom stereocenters. The zero-order valence-corrected chi connectivity index (χ0v) is 10.3. The standard InChI is InChI=1S/C11H13Cl2NO2/c12-10-4-9(5-11(13)14-10)16-7-8-2-1-3-15-6-8/h4-5,8H,1-3,6-7H2. The van der Waals surface area contributed by atoms with Gasteiger partial charge < -0.3 is 9.47 Å². The van der Waals surface area contributed by atoms with E-state index in [1.165, 1.54) is 0 Å². The van der Waals surface area contributed by atoms with E-state index in [2.05, 4.69) is 4.98 Å². The molecular weight excluding hydrogens is 249 g/mol. The van der Waals surface area contributed by atoms with Gasteiger partial charge in [0, 0.05) is 24.7 Å². The van der Waals surface area contributed by atoms with Gasteiger partial charge in [-0.05, 0) is 12.8 Å². The van der Waals surface area contributed by atoms with E-state index in [4.69, 9.17) is 32.7 Å². The minimum absolute atomic E-state index is 0.349. The van der Waals surface area contributed by atoms with Crippen LogP contribution in [-0.4, -0.2) is 24.8 Å². The lowest BCUT2D eigenvalue weighted by atomic mass is 10.0. The molecule has 0 saturated carbocycles. The lowest BCUT2D eigenvalue weighted by molar-refractivity contribution is 0.0352. The van der Waals surface area contributed by atoms with E-state index in [1.54, 1.807) is 12.1 Å². The van der Waals surface area contributed by atoms with Crippen molar-refractivity contribution in [2.75, 3.05) is 19.8 Å². The van der Waals surface area contributed by atoms with Crippen molar-refractivity contribution in [1.82, 2.24) is 4.98 Å². The number of pyridine rings is 1. The Morgan fingerprint density at radius 2 is 2.12 bits per heavy atom. The minimum Gasteiger partial charge on any atom is -0.493 e. The first-order valence-electron chi connectivity index (χ1n) is 5.27. The molecule has 88 valence electrons. The molecule has 5 heteroatoms. The maximum atomic E-state index is 5.77. The molecule has 1 unspecified atom stereocenters. The summed E-state index contributed by atoms with van der Waals surface area (Å²) in [6.07, 6.45) is 2.25. The number of ether oxygens (including phenoxy) is 2. The lowest BCUT2D eigenvalue weighted by Gasteiger charge is -2.22. The smallest absolute Gasteiger partial charge is 0.134 e. The highest BCUT2D eigenvalue weighted by Gasteiger charge is 2.14. The van der Waals surface area contributed by atoms with Crippen molar-refractivity contribution in [1.29, 1.82) is 0 Å². The Bertz CT molecular complexity index is 334. The van der Waals surface area contributed by atoms with Crippen LogP contribution in [0.1, 0.15) is 12.8 Å². The Labute approximate surface area is 105 Å². The molecule has 1 fully saturated rings. The first-order valence-corrected chi connectivity index (χ1v) is 6.03. The Hall–Kier alpha value is -0.510. The lowest BCUT2D eigenvalue weighted by Crippen LogP contribution is -2.23. The molecule has 1 aliphatic heterocycles. The minimum atomic E-state index is 0.349. The first-order chi connectivity index (χ1) is 7.74. The molecule has 1 aromatic rings. The number of nitrogens with zero attached hydrogens (tertiary/aromatic N) is 1. The van der Waals surface area contributed by atoms with E-state index in [0.29, 0.717) is 28.6 Å². The van der Waals surface area contributed by atoms with Crippen molar-refractivity contribution in [2.45, 2.75) is 12.8 Å². The molecule has 0 aliphatic carbocycles. The van der Waals surface area contributed by atoms with Crippen LogP contribution >= 0.6 is 23.2 Å². The molecule has 0 radical (unpaired) electrons. The second-order valence-electron chi connectivity index (χ2n) is 3.84. The molecule has 2 heterocycles. The normalized spacial score (nSPS) is 20.8. The van der Waals surface area contributed by atoms with Crippen molar-refractivity contribution in [3.8, 4) is 5.75 Å². The predicted octanol–water partition coefficient (Wildman–Crippen LogP) is 3.19. The molecule has 16 heavy (non-hydrogen) atoms. The molecule has 0 N–H and O–H groups in total. The van der Waals surface area contributed by atoms with Gasteiger partial charge in [0.25, 0.3) is 0 Å². The van der Waals surface area contributed by atoms with Crippen LogP contribution in [0.4, 0.5) is 0 Å². The Balaban J connectivity index is 1.88. The van der Waals surface area contributed by atoms with Crippen molar-refractivity contribution in [2.24, 2.45) is 5.92 Å². The average Bonchev–Trinajstić information content (AvgIpc) is 2.27. The van der Waals surface area contributed by atoms with E-state index < -0.39 is 0 Å². The third-order valence-corrected chi connectivity index (χ3v) is 2.86. The summed E-state index contributed by atoms with van der Waals surface area (Å²) in [5, 5.41) is 0.699. The SMILES string of the molecule is Clc1cc(OCC2CCCOC2)cc(Cl)n1. The molecule has 1 aromatic heterocycles. The zero-order valence-electron chi connectivity index (χ0n) is 8.79. The number of rotatable bonds is 3. The number of halogens is 2. The summed E-state index contributed by atoms with van der Waals surface area (Å²) in [5.41, 5.74) is 0. The van der Waals surface area contributed by atoms with E-state index in [9.17, 15) is 0 Å². The highest BCUT2D eigenvalue weighted by atomic mass is 35.5. The topological polar surface area (TPSA) is 31.4 Å². The molecule has 3 nitrogen and oxygen atoms in total. The zero-order chi connectivity index (χ0) is 11.4. The fourth-order valence-electron chi connectivity index (χ4n) is 1.68. The first kappa shape index (κ1) is 12.0. The van der Waals surface area contributed by atoms with Crippen molar-refractivity contribution < 1.29 is 9.47 Å². The molecule has 0 aromatic carbocycles. The van der Waals surface area contributed by atoms with Crippen LogP contribution in [0.15, 0.2) is 12.1 Å². The van der Waals surface area contributed by atoms with Crippen LogP contribution in [0.3, 0.4) is 0 Å². The molecule has 0 bridgehead atoms. The Kier molecular flexibility index (Phi) is 4.27. The molecule has 1 aliphatic rings. The summed E-state index contributed by atoms with van der Waals surface area (Å²) in [6, 6.07) is 3.33. The predicted molar refractivity (Wildman–Crippen MR) is 63.3 cm³/mol. The third-order valence-electron chi connectivity index (χ3n) is 2.48. The summed E-state index contributed by atoms with van der Waals surface area (Å²) in [6.45, 7) is 2.27. The Morgan fingerprint density at radius 3 is 2.75 bits per heavy atom. The number of aromatic nitrogens is 1. The van der Waals surface area contributed by atoms with Gasteiger partial charge in [0.15, 0.2) is 0 Å². The average molecular weight is 262 g/mol. The van der Waals surface area contributed by atoms with Gasteiger partial charge in [-0.3, -0.25) is 0 Å². The van der Waals surface area contributed by atoms with Crippen molar-refractivity contribution in [3.05, 3.63) is 22.4 Å². The van der Waals surface area contributed by atoms with Gasteiger partial charge in [-0.15, -0.1) is 0 Å². The van der Waals surface area contributed by atoms with Crippen LogP contribution in [0.25, 0.3) is 0 Å². The van der Waals surface area contributed by atoms with Crippen LogP contribution in [0, 0.1) is 5.92 Å². The van der Waals surface area contributed by atoms with Gasteiger partial charge in [-0.2, -0.15) is 0 Å². The maximum absolute atomic E-state index is 5.77. The van der Waals surface area contributed by atoms with E-state index in [-0.39, 0.29) is 0 Å². The second kappa shape index (κ2) is 5.71. The highest BCUT2D eigenvalue weighted by Crippen LogP contribution is 2.22. The van der Waals surface area contributed by atoms with E-state index >= 15 is 0 Å².